The second-order valence-electron chi connectivity index (χ2n) is 9.88. The summed E-state index contributed by atoms with van der Waals surface area (Å²) >= 11 is 0. The molecular formula is C24H30N6O3. The van der Waals surface area contributed by atoms with E-state index in [0.717, 1.165) is 62.7 Å². The molecule has 9 nitrogen and oxygen atoms in total. The highest BCUT2D eigenvalue weighted by atomic mass is 16.5. The van der Waals surface area contributed by atoms with Crippen molar-refractivity contribution in [3.05, 3.63) is 34.9 Å². The third-order valence-electron chi connectivity index (χ3n) is 7.42. The first kappa shape index (κ1) is 20.7. The molecule has 2 aliphatic heterocycles. The normalized spacial score (nSPS) is 20.2. The number of aromatic nitrogens is 4. The van der Waals surface area contributed by atoms with E-state index in [1.165, 1.54) is 6.33 Å². The first-order valence-electron chi connectivity index (χ1n) is 11.9. The summed E-state index contributed by atoms with van der Waals surface area (Å²) in [7, 11) is 0. The summed E-state index contributed by atoms with van der Waals surface area (Å²) in [5, 5.41) is 4.20. The van der Waals surface area contributed by atoms with Crippen molar-refractivity contribution < 1.29 is 13.9 Å². The SMILES string of the molecule is Cc1oc2ncnc(NC3(C)CC3)c2c1C(=O)N1CCn2c(C)nc(C3CCOCC3)c2C1. The maximum atomic E-state index is 13.9. The van der Waals surface area contributed by atoms with Gasteiger partial charge in [0.15, 0.2) is 0 Å². The van der Waals surface area contributed by atoms with E-state index in [4.69, 9.17) is 14.1 Å². The predicted molar refractivity (Wildman–Crippen MR) is 122 cm³/mol. The Hall–Kier alpha value is -2.94. The standard InChI is InChI=1S/C24H30N6O3/c1-14-18(19-21(28-24(3)6-7-24)25-13-26-22(19)33-14)23(31)29-8-9-30-15(2)27-20(17(30)12-29)16-4-10-32-11-5-16/h13,16H,4-12H2,1-3H3,(H,25,26,28). The lowest BCUT2D eigenvalue weighted by Crippen LogP contribution is -2.39. The molecule has 1 saturated carbocycles. The number of anilines is 1. The van der Waals surface area contributed by atoms with Gasteiger partial charge in [0.1, 0.15) is 23.7 Å². The second-order valence-corrected chi connectivity index (χ2v) is 9.88. The number of ether oxygens (including phenoxy) is 1. The predicted octanol–water partition coefficient (Wildman–Crippen LogP) is 3.55. The fourth-order valence-electron chi connectivity index (χ4n) is 5.20. The van der Waals surface area contributed by atoms with E-state index in [2.05, 4.69) is 33.7 Å². The van der Waals surface area contributed by atoms with E-state index < -0.39 is 0 Å². The maximum Gasteiger partial charge on any atom is 0.258 e. The summed E-state index contributed by atoms with van der Waals surface area (Å²) in [4.78, 5) is 29.5. The quantitative estimate of drug-likeness (QED) is 0.649. The van der Waals surface area contributed by atoms with Crippen LogP contribution < -0.4 is 5.32 Å². The van der Waals surface area contributed by atoms with Crippen LogP contribution in [0, 0.1) is 13.8 Å². The van der Waals surface area contributed by atoms with E-state index in [1.807, 2.05) is 11.8 Å². The van der Waals surface area contributed by atoms with Crippen molar-refractivity contribution in [1.29, 1.82) is 0 Å². The monoisotopic (exact) mass is 450 g/mol. The molecule has 3 aliphatic rings. The average Bonchev–Trinajstić information content (AvgIpc) is 3.30. The Bertz CT molecular complexity index is 1230. The molecule has 1 N–H and O–H groups in total. The van der Waals surface area contributed by atoms with Crippen LogP contribution in [0.25, 0.3) is 11.1 Å². The summed E-state index contributed by atoms with van der Waals surface area (Å²) in [5.74, 6) is 2.65. The number of furan rings is 1. The Morgan fingerprint density at radius 3 is 2.73 bits per heavy atom. The topological polar surface area (TPSA) is 98.3 Å². The molecular weight excluding hydrogens is 420 g/mol. The van der Waals surface area contributed by atoms with Crippen molar-refractivity contribution in [2.24, 2.45) is 0 Å². The van der Waals surface area contributed by atoms with E-state index in [1.54, 1.807) is 0 Å². The van der Waals surface area contributed by atoms with Crippen LogP contribution in [0.5, 0.6) is 0 Å². The van der Waals surface area contributed by atoms with Gasteiger partial charge in [0, 0.05) is 37.8 Å². The highest BCUT2D eigenvalue weighted by Gasteiger charge is 2.39. The van der Waals surface area contributed by atoms with Gasteiger partial charge in [-0.2, -0.15) is 0 Å². The number of imidazole rings is 1. The number of nitrogens with one attached hydrogen (secondary N) is 1. The number of rotatable bonds is 4. The van der Waals surface area contributed by atoms with Gasteiger partial charge in [-0.25, -0.2) is 15.0 Å². The lowest BCUT2D eigenvalue weighted by atomic mass is 9.94. The van der Waals surface area contributed by atoms with Crippen molar-refractivity contribution in [3.8, 4) is 0 Å². The van der Waals surface area contributed by atoms with E-state index >= 15 is 0 Å². The molecule has 1 amide bonds. The Morgan fingerprint density at radius 1 is 1.18 bits per heavy atom. The molecule has 0 radical (unpaired) electrons. The van der Waals surface area contributed by atoms with Gasteiger partial charge >= 0.3 is 0 Å². The minimum absolute atomic E-state index is 0.0283. The van der Waals surface area contributed by atoms with Crippen molar-refractivity contribution in [2.45, 2.75) is 71.0 Å². The first-order chi connectivity index (χ1) is 15.9. The highest BCUT2D eigenvalue weighted by Crippen LogP contribution is 2.40. The zero-order valence-electron chi connectivity index (χ0n) is 19.5. The van der Waals surface area contributed by atoms with Crippen LogP contribution in [0.15, 0.2) is 10.7 Å². The van der Waals surface area contributed by atoms with E-state index in [0.29, 0.717) is 47.2 Å². The van der Waals surface area contributed by atoms with Gasteiger partial charge in [-0.05, 0) is 46.5 Å². The minimum Gasteiger partial charge on any atom is -0.442 e. The zero-order chi connectivity index (χ0) is 22.7. The summed E-state index contributed by atoms with van der Waals surface area (Å²) in [6, 6.07) is 0. The van der Waals surface area contributed by atoms with Gasteiger partial charge in [0.05, 0.1) is 28.9 Å². The van der Waals surface area contributed by atoms with Crippen LogP contribution in [0.4, 0.5) is 5.82 Å². The van der Waals surface area contributed by atoms with Crippen LogP contribution in [0.2, 0.25) is 0 Å². The second kappa shape index (κ2) is 7.55. The molecule has 174 valence electrons. The van der Waals surface area contributed by atoms with Gasteiger partial charge < -0.3 is 23.9 Å². The molecule has 0 atom stereocenters. The smallest absolute Gasteiger partial charge is 0.258 e. The molecule has 0 unspecified atom stereocenters. The molecule has 2 fully saturated rings. The Balaban J connectivity index is 1.35. The largest absolute Gasteiger partial charge is 0.442 e. The number of hydrogen-bond acceptors (Lipinski definition) is 7. The number of carbonyl (C=O) groups excluding carboxylic acids is 1. The number of fused-ring (bicyclic) bond motifs is 2. The molecule has 1 aliphatic carbocycles. The fraction of sp³-hybridized carbons (Fsp3) is 0.583. The third-order valence-corrected chi connectivity index (χ3v) is 7.42. The average molecular weight is 451 g/mol. The number of hydrogen-bond donors (Lipinski definition) is 1. The van der Waals surface area contributed by atoms with Crippen molar-refractivity contribution in [1.82, 2.24) is 24.4 Å². The molecule has 5 heterocycles. The van der Waals surface area contributed by atoms with Crippen LogP contribution in [-0.4, -0.2) is 55.6 Å². The molecule has 6 rings (SSSR count). The minimum atomic E-state index is -0.0342. The van der Waals surface area contributed by atoms with Crippen LogP contribution in [0.3, 0.4) is 0 Å². The maximum absolute atomic E-state index is 13.9. The zero-order valence-corrected chi connectivity index (χ0v) is 19.5. The summed E-state index contributed by atoms with van der Waals surface area (Å²) in [6.45, 7) is 9.54. The third kappa shape index (κ3) is 3.49. The van der Waals surface area contributed by atoms with E-state index in [-0.39, 0.29) is 11.4 Å². The van der Waals surface area contributed by atoms with Gasteiger partial charge in [-0.15, -0.1) is 0 Å². The van der Waals surface area contributed by atoms with Crippen LogP contribution in [-0.2, 0) is 17.8 Å². The summed E-state index contributed by atoms with van der Waals surface area (Å²) in [6.07, 6.45) is 5.63. The van der Waals surface area contributed by atoms with E-state index in [9.17, 15) is 4.79 Å². The fourth-order valence-corrected chi connectivity index (χ4v) is 5.20. The van der Waals surface area contributed by atoms with Gasteiger partial charge in [-0.1, -0.05) is 0 Å². The van der Waals surface area contributed by atoms with Crippen molar-refractivity contribution in [3.63, 3.8) is 0 Å². The molecule has 0 bridgehead atoms. The lowest BCUT2D eigenvalue weighted by molar-refractivity contribution is 0.0702. The molecule has 1 saturated heterocycles. The number of aryl methyl sites for hydroxylation is 2. The van der Waals surface area contributed by atoms with Crippen LogP contribution in [0.1, 0.15) is 71.9 Å². The molecule has 3 aromatic rings. The first-order valence-corrected chi connectivity index (χ1v) is 11.9. The molecule has 9 heteroatoms. The molecule has 0 aromatic carbocycles. The van der Waals surface area contributed by atoms with Crippen molar-refractivity contribution >= 4 is 22.8 Å². The van der Waals surface area contributed by atoms with Gasteiger partial charge in [-0.3, -0.25) is 4.79 Å². The van der Waals surface area contributed by atoms with Gasteiger partial charge in [0.25, 0.3) is 5.91 Å². The van der Waals surface area contributed by atoms with Gasteiger partial charge in [0.2, 0.25) is 5.71 Å². The lowest BCUT2D eigenvalue weighted by Gasteiger charge is -2.31. The number of carbonyl (C=O) groups is 1. The summed E-state index contributed by atoms with van der Waals surface area (Å²) < 4.78 is 13.7. The van der Waals surface area contributed by atoms with Crippen LogP contribution >= 0.6 is 0 Å². The Kier molecular flexibility index (Phi) is 4.72. The number of nitrogens with zero attached hydrogens (tertiary/aromatic N) is 5. The summed E-state index contributed by atoms with van der Waals surface area (Å²) in [5.41, 5.74) is 3.34. The number of amides is 1. The molecule has 3 aromatic heterocycles. The van der Waals surface area contributed by atoms with Crippen molar-refractivity contribution in [2.75, 3.05) is 25.1 Å². The Morgan fingerprint density at radius 2 is 1.97 bits per heavy atom. The highest BCUT2D eigenvalue weighted by molar-refractivity contribution is 6.10. The molecule has 33 heavy (non-hydrogen) atoms. The Labute approximate surface area is 192 Å². The molecule has 0 spiro atoms.